The quantitative estimate of drug-likeness (QED) is 0.423. The number of H-pyrrole nitrogens is 1. The van der Waals surface area contributed by atoms with Gasteiger partial charge in [0.2, 0.25) is 0 Å². The van der Waals surface area contributed by atoms with Gasteiger partial charge in [0.15, 0.2) is 5.82 Å². The molecule has 0 spiro atoms. The van der Waals surface area contributed by atoms with E-state index in [2.05, 4.69) is 27.4 Å². The standard InChI is InChI=1S/C23H23N5O/c24-12-18(8-4-6-16-5-3-7-17(11-16)14-29)13-25-23-22-21(26-15-27-22)19-9-1-2-10-20(19)28-23/h1-3,5,7,9-11,15,18,29H,4,6,8,13-14H2,(H,25,28)(H,26,27). The minimum Gasteiger partial charge on any atom is -0.392 e. The maximum atomic E-state index is 9.56. The molecule has 6 heteroatoms. The number of aromatic amines is 1. The van der Waals surface area contributed by atoms with E-state index in [0.717, 1.165) is 52.6 Å². The molecule has 0 saturated heterocycles. The Bertz CT molecular complexity index is 1160. The molecule has 1 unspecified atom stereocenters. The van der Waals surface area contributed by atoms with Gasteiger partial charge in [0.25, 0.3) is 0 Å². The van der Waals surface area contributed by atoms with Crippen LogP contribution in [0, 0.1) is 17.2 Å². The third kappa shape index (κ3) is 4.20. The lowest BCUT2D eigenvalue weighted by Gasteiger charge is -2.12. The highest BCUT2D eigenvalue weighted by molar-refractivity contribution is 6.06. The number of anilines is 1. The molecule has 0 aliphatic carbocycles. The van der Waals surface area contributed by atoms with Crippen LogP contribution in [0.15, 0.2) is 54.9 Å². The number of aryl methyl sites for hydroxylation is 1. The first-order valence-electron chi connectivity index (χ1n) is 9.82. The molecule has 3 N–H and O–H groups in total. The van der Waals surface area contributed by atoms with Gasteiger partial charge in [0, 0.05) is 11.9 Å². The number of fused-ring (bicyclic) bond motifs is 3. The fraction of sp³-hybridized carbons (Fsp3) is 0.261. The number of imidazole rings is 1. The molecule has 29 heavy (non-hydrogen) atoms. The summed E-state index contributed by atoms with van der Waals surface area (Å²) in [6, 6.07) is 18.3. The van der Waals surface area contributed by atoms with Crippen LogP contribution in [-0.4, -0.2) is 26.6 Å². The number of pyridine rings is 1. The van der Waals surface area contributed by atoms with Crippen molar-refractivity contribution in [2.45, 2.75) is 25.9 Å². The van der Waals surface area contributed by atoms with Crippen LogP contribution in [0.5, 0.6) is 0 Å². The predicted octanol–water partition coefficient (Wildman–Crippen LogP) is 4.18. The molecule has 6 nitrogen and oxygen atoms in total. The van der Waals surface area contributed by atoms with Crippen molar-refractivity contribution in [1.82, 2.24) is 15.0 Å². The number of aliphatic hydroxyl groups is 1. The van der Waals surface area contributed by atoms with Gasteiger partial charge in [-0.05, 0) is 36.5 Å². The monoisotopic (exact) mass is 385 g/mol. The van der Waals surface area contributed by atoms with E-state index in [1.54, 1.807) is 6.33 Å². The smallest absolute Gasteiger partial charge is 0.152 e. The number of hydrogen-bond acceptors (Lipinski definition) is 5. The summed E-state index contributed by atoms with van der Waals surface area (Å²) in [5.41, 5.74) is 4.74. The highest BCUT2D eigenvalue weighted by Gasteiger charge is 2.13. The molecule has 1 atom stereocenters. The van der Waals surface area contributed by atoms with E-state index < -0.39 is 0 Å². The average molecular weight is 385 g/mol. The zero-order valence-corrected chi connectivity index (χ0v) is 16.1. The molecule has 0 saturated carbocycles. The summed E-state index contributed by atoms with van der Waals surface area (Å²) < 4.78 is 0. The number of para-hydroxylation sites is 1. The van der Waals surface area contributed by atoms with Gasteiger partial charge in [0.1, 0.15) is 11.0 Å². The summed E-state index contributed by atoms with van der Waals surface area (Å²) in [4.78, 5) is 12.3. The van der Waals surface area contributed by atoms with Crippen molar-refractivity contribution >= 4 is 27.8 Å². The molecule has 146 valence electrons. The van der Waals surface area contributed by atoms with Crippen molar-refractivity contribution in [1.29, 1.82) is 5.26 Å². The number of aromatic nitrogens is 3. The van der Waals surface area contributed by atoms with Crippen molar-refractivity contribution in [3.05, 3.63) is 66.0 Å². The van der Waals surface area contributed by atoms with Crippen LogP contribution in [0.25, 0.3) is 21.9 Å². The van der Waals surface area contributed by atoms with Crippen molar-refractivity contribution in [3.8, 4) is 6.07 Å². The summed E-state index contributed by atoms with van der Waals surface area (Å²) in [6.07, 6.45) is 4.28. The molecule has 2 aromatic carbocycles. The summed E-state index contributed by atoms with van der Waals surface area (Å²) in [7, 11) is 0. The third-order valence-corrected chi connectivity index (χ3v) is 5.16. The second kappa shape index (κ2) is 8.72. The first-order chi connectivity index (χ1) is 14.3. The van der Waals surface area contributed by atoms with E-state index in [1.807, 2.05) is 42.5 Å². The minimum absolute atomic E-state index is 0.0550. The lowest BCUT2D eigenvalue weighted by Crippen LogP contribution is -2.14. The summed E-state index contributed by atoms with van der Waals surface area (Å²) >= 11 is 0. The number of nitrogens with zero attached hydrogens (tertiary/aromatic N) is 3. The number of benzene rings is 2. The molecular formula is C23H23N5O. The maximum absolute atomic E-state index is 9.56. The Morgan fingerprint density at radius 3 is 2.86 bits per heavy atom. The van der Waals surface area contributed by atoms with E-state index in [0.29, 0.717) is 6.54 Å². The van der Waals surface area contributed by atoms with E-state index >= 15 is 0 Å². The van der Waals surface area contributed by atoms with Crippen LogP contribution in [-0.2, 0) is 13.0 Å². The Morgan fingerprint density at radius 2 is 2.00 bits per heavy atom. The number of hydrogen-bond donors (Lipinski definition) is 3. The van der Waals surface area contributed by atoms with Gasteiger partial charge in [-0.3, -0.25) is 0 Å². The number of rotatable bonds is 8. The highest BCUT2D eigenvalue weighted by Crippen LogP contribution is 2.26. The highest BCUT2D eigenvalue weighted by atomic mass is 16.3. The van der Waals surface area contributed by atoms with Crippen molar-refractivity contribution < 1.29 is 5.11 Å². The van der Waals surface area contributed by atoms with Crippen LogP contribution in [0.2, 0.25) is 0 Å². The summed E-state index contributed by atoms with van der Waals surface area (Å²) in [5.74, 6) is 0.620. The van der Waals surface area contributed by atoms with Crippen LogP contribution in [0.1, 0.15) is 24.0 Å². The van der Waals surface area contributed by atoms with Crippen molar-refractivity contribution in [3.63, 3.8) is 0 Å². The van der Waals surface area contributed by atoms with Crippen LogP contribution in [0.4, 0.5) is 5.82 Å². The second-order valence-corrected chi connectivity index (χ2v) is 7.18. The summed E-state index contributed by atoms with van der Waals surface area (Å²) in [6.45, 7) is 0.589. The van der Waals surface area contributed by atoms with E-state index in [1.165, 1.54) is 5.56 Å². The first-order valence-corrected chi connectivity index (χ1v) is 9.82. The van der Waals surface area contributed by atoms with Gasteiger partial charge in [-0.1, -0.05) is 42.5 Å². The van der Waals surface area contributed by atoms with Gasteiger partial charge in [-0.15, -0.1) is 0 Å². The zero-order chi connectivity index (χ0) is 20.1. The average Bonchev–Trinajstić information content (AvgIpc) is 3.26. The summed E-state index contributed by atoms with van der Waals surface area (Å²) in [5, 5.41) is 23.2. The maximum Gasteiger partial charge on any atom is 0.152 e. The molecule has 0 fully saturated rings. The molecule has 2 heterocycles. The zero-order valence-electron chi connectivity index (χ0n) is 16.1. The molecule has 0 amide bonds. The van der Waals surface area contributed by atoms with Crippen LogP contribution >= 0.6 is 0 Å². The van der Waals surface area contributed by atoms with E-state index in [4.69, 9.17) is 4.98 Å². The van der Waals surface area contributed by atoms with Gasteiger partial charge >= 0.3 is 0 Å². The molecule has 4 aromatic rings. The molecular weight excluding hydrogens is 362 g/mol. The van der Waals surface area contributed by atoms with Crippen molar-refractivity contribution in [2.24, 2.45) is 5.92 Å². The Balaban J connectivity index is 1.40. The molecule has 2 aromatic heterocycles. The largest absolute Gasteiger partial charge is 0.392 e. The van der Waals surface area contributed by atoms with Gasteiger partial charge in [-0.2, -0.15) is 5.26 Å². The molecule has 0 bridgehead atoms. The Kier molecular flexibility index (Phi) is 5.68. The Hall–Kier alpha value is -3.43. The fourth-order valence-corrected chi connectivity index (χ4v) is 3.62. The Labute approximate surface area is 169 Å². The Morgan fingerprint density at radius 1 is 1.14 bits per heavy atom. The number of nitriles is 1. The van der Waals surface area contributed by atoms with E-state index in [-0.39, 0.29) is 12.5 Å². The third-order valence-electron chi connectivity index (χ3n) is 5.16. The normalized spacial score (nSPS) is 12.1. The molecule has 0 aliphatic heterocycles. The second-order valence-electron chi connectivity index (χ2n) is 7.18. The number of nitrogens with one attached hydrogen (secondary N) is 2. The lowest BCUT2D eigenvalue weighted by molar-refractivity contribution is 0.281. The first kappa shape index (κ1) is 18.9. The fourth-order valence-electron chi connectivity index (χ4n) is 3.62. The van der Waals surface area contributed by atoms with Gasteiger partial charge in [-0.25, -0.2) is 9.97 Å². The predicted molar refractivity (Wildman–Crippen MR) is 114 cm³/mol. The van der Waals surface area contributed by atoms with Crippen molar-refractivity contribution in [2.75, 3.05) is 11.9 Å². The molecule has 4 rings (SSSR count). The van der Waals surface area contributed by atoms with Gasteiger partial charge < -0.3 is 15.4 Å². The molecule has 0 aliphatic rings. The molecule has 0 radical (unpaired) electrons. The van der Waals surface area contributed by atoms with E-state index in [9.17, 15) is 10.4 Å². The van der Waals surface area contributed by atoms with Gasteiger partial charge in [0.05, 0.1) is 30.4 Å². The van der Waals surface area contributed by atoms with Crippen LogP contribution < -0.4 is 5.32 Å². The SMILES string of the molecule is N#CC(CCCc1cccc(CO)c1)CNc1nc2ccccc2c2nc[nH]c12. The lowest BCUT2D eigenvalue weighted by atomic mass is 9.99. The topological polar surface area (TPSA) is 97.6 Å². The minimum atomic E-state index is -0.109. The van der Waals surface area contributed by atoms with Crippen LogP contribution in [0.3, 0.4) is 0 Å². The number of aliphatic hydroxyl groups excluding tert-OH is 1.